The lowest BCUT2D eigenvalue weighted by atomic mass is 10.0. The molecule has 0 aliphatic rings. The topological polar surface area (TPSA) is 78.9 Å². The van der Waals surface area contributed by atoms with E-state index in [-0.39, 0.29) is 31.1 Å². The van der Waals surface area contributed by atoms with Crippen molar-refractivity contribution in [2.45, 2.75) is 258 Å². The van der Waals surface area contributed by atoms with E-state index in [1.165, 1.54) is 154 Å². The molecule has 0 bridgehead atoms. The van der Waals surface area contributed by atoms with Gasteiger partial charge in [0.2, 0.25) is 0 Å². The minimum absolute atomic E-state index is 0.0637. The first-order valence-corrected chi connectivity index (χ1v) is 22.5. The van der Waals surface area contributed by atoms with Crippen LogP contribution in [0.5, 0.6) is 0 Å². The lowest BCUT2D eigenvalue weighted by molar-refractivity contribution is -0.167. The van der Waals surface area contributed by atoms with Crippen molar-refractivity contribution in [1.82, 2.24) is 0 Å². The van der Waals surface area contributed by atoms with Gasteiger partial charge in [0.25, 0.3) is 0 Å². The monoisotopic (exact) mass is 723 g/mol. The van der Waals surface area contributed by atoms with Crippen molar-refractivity contribution in [3.05, 3.63) is 0 Å². The van der Waals surface area contributed by atoms with Gasteiger partial charge < -0.3 is 14.2 Å². The van der Waals surface area contributed by atoms with Gasteiger partial charge in [0.15, 0.2) is 6.10 Å². The molecule has 1 atom stereocenters. The molecule has 6 nitrogen and oxygen atoms in total. The summed E-state index contributed by atoms with van der Waals surface area (Å²) in [5, 5.41) is 0. The average molecular weight is 723 g/mol. The van der Waals surface area contributed by atoms with E-state index in [1.807, 2.05) is 0 Å². The maximum Gasteiger partial charge on any atom is 0.306 e. The van der Waals surface area contributed by atoms with Crippen LogP contribution in [0.2, 0.25) is 0 Å². The van der Waals surface area contributed by atoms with Gasteiger partial charge in [0, 0.05) is 19.3 Å². The van der Waals surface area contributed by atoms with Crippen molar-refractivity contribution in [3.63, 3.8) is 0 Å². The van der Waals surface area contributed by atoms with Crippen LogP contribution in [-0.2, 0) is 28.6 Å². The number of carbonyl (C=O) groups is 3. The highest BCUT2D eigenvalue weighted by atomic mass is 16.6. The molecule has 1 unspecified atom stereocenters. The number of hydrogen-bond acceptors (Lipinski definition) is 6. The summed E-state index contributed by atoms with van der Waals surface area (Å²) in [5.74, 6) is -0.864. The van der Waals surface area contributed by atoms with Crippen molar-refractivity contribution in [3.8, 4) is 0 Å². The van der Waals surface area contributed by atoms with Crippen LogP contribution >= 0.6 is 0 Å². The third kappa shape index (κ3) is 39.5. The van der Waals surface area contributed by atoms with Gasteiger partial charge in [-0.3, -0.25) is 14.4 Å². The second-order valence-corrected chi connectivity index (χ2v) is 15.3. The minimum atomic E-state index is -0.756. The molecule has 0 rings (SSSR count). The molecule has 0 fully saturated rings. The van der Waals surface area contributed by atoms with Crippen LogP contribution in [0, 0.1) is 0 Å². The van der Waals surface area contributed by atoms with E-state index >= 15 is 0 Å². The summed E-state index contributed by atoms with van der Waals surface area (Å²) in [6.07, 6.45) is 41.1. The first-order chi connectivity index (χ1) is 25.0. The standard InChI is InChI=1S/C45H86O6/c1-4-7-10-13-16-18-19-20-21-22-23-24-25-26-27-30-32-35-38-44(47)50-41-42(40-49-43(46)37-34-31-28-15-12-9-6-3)51-45(48)39-36-33-29-17-14-11-8-5-2/h42H,4-41H2,1-3H3. The first-order valence-electron chi connectivity index (χ1n) is 22.5. The Bertz CT molecular complexity index is 753. The highest BCUT2D eigenvalue weighted by Gasteiger charge is 2.19. The van der Waals surface area contributed by atoms with Gasteiger partial charge >= 0.3 is 17.9 Å². The summed E-state index contributed by atoms with van der Waals surface area (Å²) in [5.41, 5.74) is 0. The van der Waals surface area contributed by atoms with E-state index < -0.39 is 6.10 Å². The smallest absolute Gasteiger partial charge is 0.306 e. The number of hydrogen-bond donors (Lipinski definition) is 0. The summed E-state index contributed by atoms with van der Waals surface area (Å²) >= 11 is 0. The van der Waals surface area contributed by atoms with Gasteiger partial charge in [0.05, 0.1) is 0 Å². The van der Waals surface area contributed by atoms with Gasteiger partial charge in [0.1, 0.15) is 13.2 Å². The van der Waals surface area contributed by atoms with Crippen LogP contribution in [0.1, 0.15) is 252 Å². The largest absolute Gasteiger partial charge is 0.462 e. The predicted molar refractivity (Wildman–Crippen MR) is 215 cm³/mol. The molecule has 0 amide bonds. The zero-order chi connectivity index (χ0) is 37.3. The fourth-order valence-corrected chi connectivity index (χ4v) is 6.68. The van der Waals surface area contributed by atoms with Gasteiger partial charge in [-0.05, 0) is 19.3 Å². The quantitative estimate of drug-likeness (QED) is 0.0355. The van der Waals surface area contributed by atoms with Gasteiger partial charge in [-0.25, -0.2) is 0 Å². The van der Waals surface area contributed by atoms with Crippen LogP contribution in [-0.4, -0.2) is 37.2 Å². The van der Waals surface area contributed by atoms with E-state index in [2.05, 4.69) is 20.8 Å². The lowest BCUT2D eigenvalue weighted by Crippen LogP contribution is -2.30. The highest BCUT2D eigenvalue weighted by Crippen LogP contribution is 2.16. The van der Waals surface area contributed by atoms with E-state index in [0.29, 0.717) is 19.3 Å². The van der Waals surface area contributed by atoms with Crippen LogP contribution < -0.4 is 0 Å². The summed E-state index contributed by atoms with van der Waals surface area (Å²) in [4.78, 5) is 37.4. The van der Waals surface area contributed by atoms with Crippen molar-refractivity contribution in [2.75, 3.05) is 13.2 Å². The Kier molecular flexibility index (Phi) is 39.9. The highest BCUT2D eigenvalue weighted by molar-refractivity contribution is 5.71. The first kappa shape index (κ1) is 49.4. The molecule has 0 aliphatic carbocycles. The fraction of sp³-hybridized carbons (Fsp3) is 0.933. The second-order valence-electron chi connectivity index (χ2n) is 15.3. The molecule has 51 heavy (non-hydrogen) atoms. The predicted octanol–water partition coefficient (Wildman–Crippen LogP) is 14.1. The number of ether oxygens (including phenoxy) is 3. The molecular weight excluding hydrogens is 636 g/mol. The number of carbonyl (C=O) groups excluding carboxylic acids is 3. The third-order valence-electron chi connectivity index (χ3n) is 10.1. The Morgan fingerprint density at radius 2 is 0.529 bits per heavy atom. The molecule has 6 heteroatoms. The SMILES string of the molecule is CCCCCCCCCCCCCCCCCCCCC(=O)OCC(COC(=O)CCCCCCCCC)OC(=O)CCCCCCCCCC. The number of esters is 3. The maximum atomic E-state index is 12.6. The molecular formula is C45H86O6. The van der Waals surface area contributed by atoms with E-state index in [1.54, 1.807) is 0 Å². The molecule has 0 aromatic heterocycles. The average Bonchev–Trinajstić information content (AvgIpc) is 3.12. The Morgan fingerprint density at radius 1 is 0.314 bits per heavy atom. The Hall–Kier alpha value is -1.59. The molecule has 0 aromatic carbocycles. The summed E-state index contributed by atoms with van der Waals surface area (Å²) in [6, 6.07) is 0. The molecule has 0 saturated heterocycles. The maximum absolute atomic E-state index is 12.6. The molecule has 0 spiro atoms. The summed E-state index contributed by atoms with van der Waals surface area (Å²) in [6.45, 7) is 6.58. The zero-order valence-corrected chi connectivity index (χ0v) is 34.4. The molecule has 0 N–H and O–H groups in total. The molecule has 0 heterocycles. The van der Waals surface area contributed by atoms with Crippen molar-refractivity contribution in [1.29, 1.82) is 0 Å². The Balaban J connectivity index is 4.13. The van der Waals surface area contributed by atoms with Crippen molar-refractivity contribution in [2.24, 2.45) is 0 Å². The fourth-order valence-electron chi connectivity index (χ4n) is 6.68. The van der Waals surface area contributed by atoms with Crippen LogP contribution in [0.3, 0.4) is 0 Å². The number of rotatable bonds is 41. The lowest BCUT2D eigenvalue weighted by Gasteiger charge is -2.18. The van der Waals surface area contributed by atoms with E-state index in [4.69, 9.17) is 14.2 Å². The Labute approximate surface area is 317 Å². The third-order valence-corrected chi connectivity index (χ3v) is 10.1. The van der Waals surface area contributed by atoms with Crippen LogP contribution in [0.25, 0.3) is 0 Å². The van der Waals surface area contributed by atoms with Crippen LogP contribution in [0.4, 0.5) is 0 Å². The molecule has 0 aromatic rings. The Morgan fingerprint density at radius 3 is 0.784 bits per heavy atom. The van der Waals surface area contributed by atoms with Crippen LogP contribution in [0.15, 0.2) is 0 Å². The number of unbranched alkanes of at least 4 members (excludes halogenated alkanes) is 30. The van der Waals surface area contributed by atoms with Crippen molar-refractivity contribution < 1.29 is 28.6 Å². The van der Waals surface area contributed by atoms with Crippen molar-refractivity contribution >= 4 is 17.9 Å². The van der Waals surface area contributed by atoms with Gasteiger partial charge in [-0.15, -0.1) is 0 Å². The zero-order valence-electron chi connectivity index (χ0n) is 34.4. The molecule has 0 radical (unpaired) electrons. The summed E-state index contributed by atoms with van der Waals surface area (Å²) in [7, 11) is 0. The van der Waals surface area contributed by atoms with E-state index in [0.717, 1.165) is 57.8 Å². The summed E-state index contributed by atoms with van der Waals surface area (Å²) < 4.78 is 16.6. The molecule has 302 valence electrons. The van der Waals surface area contributed by atoms with Gasteiger partial charge in [-0.2, -0.15) is 0 Å². The molecule has 0 aliphatic heterocycles. The second kappa shape index (κ2) is 41.2. The minimum Gasteiger partial charge on any atom is -0.462 e. The van der Waals surface area contributed by atoms with E-state index in [9.17, 15) is 14.4 Å². The molecule has 0 saturated carbocycles. The van der Waals surface area contributed by atoms with Gasteiger partial charge in [-0.1, -0.05) is 213 Å². The normalized spacial score (nSPS) is 11.8.